The van der Waals surface area contributed by atoms with Gasteiger partial charge in [-0.1, -0.05) is 11.8 Å². The Morgan fingerprint density at radius 1 is 1.08 bits per heavy atom. The smallest absolute Gasteiger partial charge is 0.320 e. The van der Waals surface area contributed by atoms with Crippen LogP contribution < -0.4 is 4.90 Å². The van der Waals surface area contributed by atoms with Gasteiger partial charge in [0, 0.05) is 11.3 Å². The second-order valence-corrected chi connectivity index (χ2v) is 8.37. The molecule has 36 heavy (non-hydrogen) atoms. The number of hydrogen-bond acceptors (Lipinski definition) is 5. The summed E-state index contributed by atoms with van der Waals surface area (Å²) in [6.45, 7) is 0.596. The Hall–Kier alpha value is -3.95. The molecule has 186 valence electrons. The molecule has 13 heteroatoms. The summed E-state index contributed by atoms with van der Waals surface area (Å²) in [6, 6.07) is 4.01. The highest BCUT2D eigenvalue weighted by Crippen LogP contribution is 2.57. The van der Waals surface area contributed by atoms with Crippen molar-refractivity contribution >= 4 is 28.3 Å². The molecular weight excluding hydrogens is 493 g/mol. The zero-order valence-corrected chi connectivity index (χ0v) is 18.4. The first-order chi connectivity index (χ1) is 17.0. The van der Waals surface area contributed by atoms with Crippen LogP contribution >= 0.6 is 0 Å². The van der Waals surface area contributed by atoms with E-state index in [0.717, 1.165) is 29.3 Å². The van der Waals surface area contributed by atoms with Gasteiger partial charge in [-0.3, -0.25) is 0 Å². The third-order valence-corrected chi connectivity index (χ3v) is 5.81. The molecule has 1 aliphatic rings. The van der Waals surface area contributed by atoms with E-state index in [1.807, 2.05) is 0 Å². The lowest BCUT2D eigenvalue weighted by molar-refractivity contribution is -0.168. The second kappa shape index (κ2) is 8.32. The summed E-state index contributed by atoms with van der Waals surface area (Å²) in [6.07, 6.45) is -6.90. The van der Waals surface area contributed by atoms with Crippen molar-refractivity contribution in [3.63, 3.8) is 0 Å². The third kappa shape index (κ3) is 4.16. The van der Waals surface area contributed by atoms with Crippen molar-refractivity contribution in [3.05, 3.63) is 53.5 Å². The maximum atomic E-state index is 14.5. The minimum absolute atomic E-state index is 0.0111. The second-order valence-electron chi connectivity index (χ2n) is 8.37. The van der Waals surface area contributed by atoms with E-state index in [4.69, 9.17) is 0 Å². The lowest BCUT2D eigenvalue weighted by Crippen LogP contribution is -2.26. The Balaban J connectivity index is 1.68. The van der Waals surface area contributed by atoms with Crippen molar-refractivity contribution in [1.82, 2.24) is 24.6 Å². The molecule has 1 fully saturated rings. The normalized spacial score (nSPS) is 14.8. The molecule has 3 aromatic heterocycles. The first-order valence-corrected chi connectivity index (χ1v) is 10.6. The Morgan fingerprint density at radius 2 is 1.83 bits per heavy atom. The molecule has 6 nitrogen and oxygen atoms in total. The monoisotopic (exact) mass is 508 g/mol. The first kappa shape index (κ1) is 23.8. The summed E-state index contributed by atoms with van der Waals surface area (Å²) in [5.41, 5.74) is -2.35. The van der Waals surface area contributed by atoms with Crippen LogP contribution in [0.5, 0.6) is 0 Å². The number of aryl methyl sites for hydroxylation is 1. The Morgan fingerprint density at radius 3 is 2.50 bits per heavy atom. The van der Waals surface area contributed by atoms with E-state index in [-0.39, 0.29) is 46.7 Å². The fourth-order valence-electron chi connectivity index (χ4n) is 3.86. The van der Waals surface area contributed by atoms with Gasteiger partial charge in [0.1, 0.15) is 28.7 Å². The predicted molar refractivity (Wildman–Crippen MR) is 115 cm³/mol. The number of hydrogen-bond donors (Lipinski definition) is 0. The van der Waals surface area contributed by atoms with Gasteiger partial charge in [-0.25, -0.2) is 26.9 Å². The van der Waals surface area contributed by atoms with Crippen molar-refractivity contribution in [2.45, 2.75) is 32.4 Å². The summed E-state index contributed by atoms with van der Waals surface area (Å²) in [5, 5.41) is 7.77. The molecule has 0 amide bonds. The topological polar surface area (TPSA) is 59.2 Å². The lowest BCUT2D eigenvalue weighted by atomic mass is 10.1. The van der Waals surface area contributed by atoms with Gasteiger partial charge >= 0.3 is 6.18 Å². The molecule has 0 radical (unpaired) electrons. The van der Waals surface area contributed by atoms with E-state index in [2.05, 4.69) is 32.0 Å². The van der Waals surface area contributed by atoms with Crippen LogP contribution in [-0.2, 0) is 0 Å². The van der Waals surface area contributed by atoms with Crippen LogP contribution in [0.2, 0.25) is 0 Å². The Labute approximate surface area is 198 Å². The van der Waals surface area contributed by atoms with E-state index >= 15 is 0 Å². The largest absolute Gasteiger partial charge is 0.405 e. The molecule has 0 bridgehead atoms. The minimum atomic E-state index is -4.54. The Bertz CT molecular complexity index is 1550. The molecule has 1 saturated carbocycles. The first-order valence-electron chi connectivity index (χ1n) is 10.6. The Kier molecular flexibility index (Phi) is 5.50. The van der Waals surface area contributed by atoms with Crippen LogP contribution in [0.15, 0.2) is 30.5 Å². The van der Waals surface area contributed by atoms with Gasteiger partial charge in [0.25, 0.3) is 12.2 Å². The molecule has 3 heterocycles. The number of halogens is 7. The zero-order chi connectivity index (χ0) is 25.8. The fraction of sp³-hybridized carbons (Fsp3) is 0.304. The summed E-state index contributed by atoms with van der Waals surface area (Å²) in [7, 11) is 0. The SMILES string of the molecule is Cc1nnc2nc(N(CC(F)F)c3cc(F)cc(C#CC4(C(F)(F)F)CC4)c3)c3cc(F)cnc3n12. The molecule has 0 N–H and O–H groups in total. The molecule has 0 unspecified atom stereocenters. The highest BCUT2D eigenvalue weighted by molar-refractivity contribution is 5.91. The van der Waals surface area contributed by atoms with Crippen molar-refractivity contribution in [3.8, 4) is 11.8 Å². The van der Waals surface area contributed by atoms with Gasteiger partial charge in [-0.05, 0) is 44.0 Å². The molecule has 1 aromatic carbocycles. The van der Waals surface area contributed by atoms with Crippen LogP contribution in [-0.4, -0.2) is 43.7 Å². The molecule has 0 spiro atoms. The van der Waals surface area contributed by atoms with Crippen LogP contribution in [0.1, 0.15) is 24.2 Å². The van der Waals surface area contributed by atoms with Gasteiger partial charge < -0.3 is 4.90 Å². The van der Waals surface area contributed by atoms with Gasteiger partial charge in [0.2, 0.25) is 0 Å². The lowest BCUT2D eigenvalue weighted by Gasteiger charge is -2.25. The average Bonchev–Trinajstić information content (AvgIpc) is 3.52. The molecule has 0 aliphatic heterocycles. The van der Waals surface area contributed by atoms with E-state index in [9.17, 15) is 30.7 Å². The maximum Gasteiger partial charge on any atom is 0.405 e. The number of anilines is 2. The van der Waals surface area contributed by atoms with Crippen LogP contribution in [0.25, 0.3) is 16.8 Å². The van der Waals surface area contributed by atoms with E-state index in [1.54, 1.807) is 6.92 Å². The summed E-state index contributed by atoms with van der Waals surface area (Å²) < 4.78 is 97.1. The molecule has 0 saturated heterocycles. The standard InChI is InChI=1S/C23H15F7N6/c1-12-33-34-21-32-20(17-9-15(25)10-31-19(17)36(12)21)35(11-18(26)27)16-7-13(6-14(24)8-16)2-3-22(4-5-22)23(28,29)30/h6-10,18H,4-5,11H2,1H3. The van der Waals surface area contributed by atoms with Crippen molar-refractivity contribution in [2.24, 2.45) is 5.41 Å². The quantitative estimate of drug-likeness (QED) is 0.275. The maximum absolute atomic E-state index is 14.5. The number of benzene rings is 1. The molecule has 5 rings (SSSR count). The van der Waals surface area contributed by atoms with E-state index < -0.39 is 36.2 Å². The van der Waals surface area contributed by atoms with E-state index in [0.29, 0.717) is 5.82 Å². The van der Waals surface area contributed by atoms with Crippen molar-refractivity contribution in [2.75, 3.05) is 11.4 Å². The molecular formula is C23H15F7N6. The van der Waals surface area contributed by atoms with Crippen LogP contribution in [0, 0.1) is 35.8 Å². The number of aromatic nitrogens is 5. The fourth-order valence-corrected chi connectivity index (χ4v) is 3.86. The average molecular weight is 508 g/mol. The molecule has 1 aliphatic carbocycles. The number of alkyl halides is 5. The van der Waals surface area contributed by atoms with Crippen LogP contribution in [0.3, 0.4) is 0 Å². The van der Waals surface area contributed by atoms with Crippen LogP contribution in [0.4, 0.5) is 42.2 Å². The molecule has 0 atom stereocenters. The third-order valence-electron chi connectivity index (χ3n) is 5.81. The van der Waals surface area contributed by atoms with Crippen molar-refractivity contribution < 1.29 is 30.7 Å². The van der Waals surface area contributed by atoms with Gasteiger partial charge in [0.15, 0.2) is 5.65 Å². The minimum Gasteiger partial charge on any atom is -0.320 e. The zero-order valence-electron chi connectivity index (χ0n) is 18.4. The highest BCUT2D eigenvalue weighted by Gasteiger charge is 2.62. The summed E-state index contributed by atoms with van der Waals surface area (Å²) in [5.74, 6) is 2.92. The summed E-state index contributed by atoms with van der Waals surface area (Å²) in [4.78, 5) is 9.20. The van der Waals surface area contributed by atoms with E-state index in [1.165, 1.54) is 10.5 Å². The highest BCUT2D eigenvalue weighted by atomic mass is 19.4. The molecule has 4 aromatic rings. The van der Waals surface area contributed by atoms with Crippen molar-refractivity contribution in [1.29, 1.82) is 0 Å². The summed E-state index contributed by atoms with van der Waals surface area (Å²) >= 11 is 0. The van der Waals surface area contributed by atoms with Gasteiger partial charge in [0.05, 0.1) is 18.1 Å². The number of fused-ring (bicyclic) bond motifs is 3. The van der Waals surface area contributed by atoms with Gasteiger partial charge in [-0.15, -0.1) is 10.2 Å². The van der Waals surface area contributed by atoms with Gasteiger partial charge in [-0.2, -0.15) is 18.2 Å². The number of rotatable bonds is 4. The number of nitrogens with zero attached hydrogens (tertiary/aromatic N) is 6. The predicted octanol–water partition coefficient (Wildman–Crippen LogP) is 5.36. The number of pyridine rings is 1.